The minimum atomic E-state index is -3.46. The standard InChI is InChI=1S/C11H20N2O3S/c1-3-4-6-13(8-9-14)17(15,16)11-5-7-12(2)10-11/h5,7,10,14H,3-4,6,8-9H2,1-2H3. The van der Waals surface area contributed by atoms with E-state index < -0.39 is 10.0 Å². The van der Waals surface area contributed by atoms with Crippen molar-refractivity contribution in [1.82, 2.24) is 8.87 Å². The fraction of sp³-hybridized carbons (Fsp3) is 0.636. The maximum atomic E-state index is 12.2. The molecule has 0 aromatic carbocycles. The summed E-state index contributed by atoms with van der Waals surface area (Å²) in [6.45, 7) is 2.45. The molecule has 0 aliphatic rings. The van der Waals surface area contributed by atoms with E-state index in [1.165, 1.54) is 4.31 Å². The summed E-state index contributed by atoms with van der Waals surface area (Å²) in [6, 6.07) is 1.58. The topological polar surface area (TPSA) is 62.5 Å². The summed E-state index contributed by atoms with van der Waals surface area (Å²) in [5.74, 6) is 0. The Morgan fingerprint density at radius 1 is 1.41 bits per heavy atom. The fourth-order valence-electron chi connectivity index (χ4n) is 1.58. The Hall–Kier alpha value is -0.850. The third-order valence-corrected chi connectivity index (χ3v) is 4.44. The zero-order chi connectivity index (χ0) is 12.9. The van der Waals surface area contributed by atoms with Crippen LogP contribution in [0.2, 0.25) is 0 Å². The molecule has 0 bridgehead atoms. The summed E-state index contributed by atoms with van der Waals surface area (Å²) in [5, 5.41) is 8.94. The van der Waals surface area contributed by atoms with Crippen LogP contribution in [0.25, 0.3) is 0 Å². The van der Waals surface area contributed by atoms with Gasteiger partial charge in [0.15, 0.2) is 0 Å². The van der Waals surface area contributed by atoms with E-state index in [-0.39, 0.29) is 18.0 Å². The highest BCUT2D eigenvalue weighted by molar-refractivity contribution is 7.89. The van der Waals surface area contributed by atoms with Gasteiger partial charge in [-0.2, -0.15) is 4.31 Å². The monoisotopic (exact) mass is 260 g/mol. The molecule has 0 atom stereocenters. The maximum absolute atomic E-state index is 12.2. The lowest BCUT2D eigenvalue weighted by Gasteiger charge is -2.20. The van der Waals surface area contributed by atoms with Crippen molar-refractivity contribution in [2.24, 2.45) is 7.05 Å². The lowest BCUT2D eigenvalue weighted by molar-refractivity contribution is 0.252. The quantitative estimate of drug-likeness (QED) is 0.789. The van der Waals surface area contributed by atoms with Gasteiger partial charge in [0.2, 0.25) is 10.0 Å². The van der Waals surface area contributed by atoms with Crippen molar-refractivity contribution in [3.05, 3.63) is 18.5 Å². The van der Waals surface area contributed by atoms with E-state index in [1.807, 2.05) is 6.92 Å². The van der Waals surface area contributed by atoms with Crippen molar-refractivity contribution in [3.63, 3.8) is 0 Å². The molecule has 1 aromatic heterocycles. The van der Waals surface area contributed by atoms with Gasteiger partial charge in [0, 0.05) is 32.5 Å². The fourth-order valence-corrected chi connectivity index (χ4v) is 3.10. The van der Waals surface area contributed by atoms with E-state index in [0.717, 1.165) is 12.8 Å². The number of aliphatic hydroxyl groups excluding tert-OH is 1. The van der Waals surface area contributed by atoms with Crippen molar-refractivity contribution in [1.29, 1.82) is 0 Å². The minimum Gasteiger partial charge on any atom is -0.395 e. The molecule has 1 rings (SSSR count). The molecule has 98 valence electrons. The average molecular weight is 260 g/mol. The van der Waals surface area contributed by atoms with Crippen LogP contribution in [0.1, 0.15) is 19.8 Å². The molecule has 17 heavy (non-hydrogen) atoms. The van der Waals surface area contributed by atoms with E-state index >= 15 is 0 Å². The molecule has 0 aliphatic carbocycles. The zero-order valence-corrected chi connectivity index (χ0v) is 11.2. The van der Waals surface area contributed by atoms with E-state index in [4.69, 9.17) is 5.11 Å². The van der Waals surface area contributed by atoms with Crippen LogP contribution in [0.3, 0.4) is 0 Å². The molecule has 0 radical (unpaired) electrons. The third-order valence-electron chi connectivity index (χ3n) is 2.55. The van der Waals surface area contributed by atoms with Gasteiger partial charge >= 0.3 is 0 Å². The lowest BCUT2D eigenvalue weighted by Crippen LogP contribution is -2.34. The molecular formula is C11H20N2O3S. The number of aryl methyl sites for hydroxylation is 1. The molecule has 6 heteroatoms. The molecule has 5 nitrogen and oxygen atoms in total. The second-order valence-electron chi connectivity index (χ2n) is 3.99. The molecule has 0 saturated carbocycles. The number of aromatic nitrogens is 1. The smallest absolute Gasteiger partial charge is 0.244 e. The van der Waals surface area contributed by atoms with Crippen molar-refractivity contribution in [2.45, 2.75) is 24.7 Å². The van der Waals surface area contributed by atoms with Gasteiger partial charge < -0.3 is 9.67 Å². The summed E-state index contributed by atoms with van der Waals surface area (Å²) < 4.78 is 27.5. The van der Waals surface area contributed by atoms with Crippen LogP contribution in [0.15, 0.2) is 23.4 Å². The SMILES string of the molecule is CCCCN(CCO)S(=O)(=O)c1ccn(C)c1. The predicted molar refractivity (Wildman–Crippen MR) is 66.2 cm³/mol. The molecule has 0 fully saturated rings. The molecule has 0 aliphatic heterocycles. The Labute approximate surface area is 103 Å². The van der Waals surface area contributed by atoms with E-state index in [2.05, 4.69) is 0 Å². The Kier molecular flexibility index (Phi) is 5.17. The summed E-state index contributed by atoms with van der Waals surface area (Å²) in [7, 11) is -1.68. The van der Waals surface area contributed by atoms with Crippen LogP contribution in [0, 0.1) is 0 Å². The van der Waals surface area contributed by atoms with E-state index in [9.17, 15) is 8.42 Å². The summed E-state index contributed by atoms with van der Waals surface area (Å²) >= 11 is 0. The highest BCUT2D eigenvalue weighted by atomic mass is 32.2. The lowest BCUT2D eigenvalue weighted by atomic mass is 10.3. The van der Waals surface area contributed by atoms with Crippen LogP contribution >= 0.6 is 0 Å². The molecule has 0 saturated heterocycles. The Balaban J connectivity index is 2.91. The Bertz CT molecular complexity index is 439. The van der Waals surface area contributed by atoms with E-state index in [1.54, 1.807) is 30.1 Å². The summed E-state index contributed by atoms with van der Waals surface area (Å²) in [5.41, 5.74) is 0. The van der Waals surface area contributed by atoms with Gasteiger partial charge in [0.1, 0.15) is 0 Å². The highest BCUT2D eigenvalue weighted by Crippen LogP contribution is 2.16. The number of unbranched alkanes of at least 4 members (excludes halogenated alkanes) is 1. The first-order chi connectivity index (χ1) is 8.02. The first-order valence-electron chi connectivity index (χ1n) is 5.75. The van der Waals surface area contributed by atoms with Crippen molar-refractivity contribution in [2.75, 3.05) is 19.7 Å². The number of hydrogen-bond donors (Lipinski definition) is 1. The molecule has 0 amide bonds. The highest BCUT2D eigenvalue weighted by Gasteiger charge is 2.23. The molecule has 1 N–H and O–H groups in total. The van der Waals surface area contributed by atoms with Gasteiger partial charge in [-0.3, -0.25) is 0 Å². The zero-order valence-electron chi connectivity index (χ0n) is 10.3. The second-order valence-corrected chi connectivity index (χ2v) is 5.93. The number of aliphatic hydroxyl groups is 1. The van der Waals surface area contributed by atoms with Gasteiger partial charge in [-0.05, 0) is 12.5 Å². The van der Waals surface area contributed by atoms with Gasteiger partial charge in [-0.25, -0.2) is 8.42 Å². The summed E-state index contributed by atoms with van der Waals surface area (Å²) in [6.07, 6.45) is 4.99. The number of sulfonamides is 1. The third kappa shape index (κ3) is 3.55. The largest absolute Gasteiger partial charge is 0.395 e. The molecule has 1 aromatic rings. The molecule has 0 spiro atoms. The predicted octanol–water partition coefficient (Wildman–Crippen LogP) is 0.808. The number of rotatable bonds is 7. The summed E-state index contributed by atoms with van der Waals surface area (Å²) in [4.78, 5) is 0.282. The first kappa shape index (κ1) is 14.2. The van der Waals surface area contributed by atoms with Crippen molar-refractivity contribution >= 4 is 10.0 Å². The van der Waals surface area contributed by atoms with Crippen LogP contribution < -0.4 is 0 Å². The van der Waals surface area contributed by atoms with Gasteiger partial charge in [-0.15, -0.1) is 0 Å². The van der Waals surface area contributed by atoms with Gasteiger partial charge in [-0.1, -0.05) is 13.3 Å². The molecule has 1 heterocycles. The van der Waals surface area contributed by atoms with Gasteiger partial charge in [0.25, 0.3) is 0 Å². The van der Waals surface area contributed by atoms with Crippen molar-refractivity contribution in [3.8, 4) is 0 Å². The first-order valence-corrected chi connectivity index (χ1v) is 7.19. The number of hydrogen-bond acceptors (Lipinski definition) is 3. The van der Waals surface area contributed by atoms with Crippen LogP contribution in [0.5, 0.6) is 0 Å². The maximum Gasteiger partial charge on any atom is 0.244 e. The number of nitrogens with zero attached hydrogens (tertiary/aromatic N) is 2. The normalized spacial score (nSPS) is 12.2. The minimum absolute atomic E-state index is 0.150. The Morgan fingerprint density at radius 3 is 2.59 bits per heavy atom. The van der Waals surface area contributed by atoms with E-state index in [0.29, 0.717) is 6.54 Å². The van der Waals surface area contributed by atoms with Crippen molar-refractivity contribution < 1.29 is 13.5 Å². The van der Waals surface area contributed by atoms with Crippen LogP contribution in [-0.2, 0) is 17.1 Å². The Morgan fingerprint density at radius 2 is 2.12 bits per heavy atom. The molecular weight excluding hydrogens is 240 g/mol. The van der Waals surface area contributed by atoms with Crippen LogP contribution in [-0.4, -0.2) is 42.1 Å². The average Bonchev–Trinajstić information content (AvgIpc) is 2.71. The second kappa shape index (κ2) is 6.18. The van der Waals surface area contributed by atoms with Crippen LogP contribution in [0.4, 0.5) is 0 Å². The molecule has 0 unspecified atom stereocenters. The van der Waals surface area contributed by atoms with Gasteiger partial charge in [0.05, 0.1) is 11.5 Å².